The van der Waals surface area contributed by atoms with E-state index in [9.17, 15) is 13.2 Å². The van der Waals surface area contributed by atoms with Gasteiger partial charge in [0, 0.05) is 6.07 Å². The van der Waals surface area contributed by atoms with Crippen LogP contribution in [0.4, 0.5) is 13.2 Å². The van der Waals surface area contributed by atoms with Crippen molar-refractivity contribution in [1.82, 2.24) is 0 Å². The van der Waals surface area contributed by atoms with Crippen molar-refractivity contribution in [3.63, 3.8) is 0 Å². The SMILES string of the molecule is CCCC(CCC)OCc1ccc(C(F)(F)F)cc1.CCCCOc1ccc(Cl)c(Cl)c1. The molecular weight excluding hydrogens is 460 g/mol. The lowest BCUT2D eigenvalue weighted by Crippen LogP contribution is -2.12. The topological polar surface area (TPSA) is 18.5 Å². The minimum Gasteiger partial charge on any atom is -0.494 e. The fourth-order valence-electron chi connectivity index (χ4n) is 2.86. The molecule has 2 rings (SSSR count). The first-order valence-electron chi connectivity index (χ1n) is 11.1. The maximum absolute atomic E-state index is 12.4. The Morgan fingerprint density at radius 1 is 0.844 bits per heavy atom. The number of rotatable bonds is 11. The minimum atomic E-state index is -4.27. The second-order valence-electron chi connectivity index (χ2n) is 7.48. The van der Waals surface area contributed by atoms with Crippen LogP contribution in [0.15, 0.2) is 42.5 Å². The van der Waals surface area contributed by atoms with Crippen LogP contribution in [0, 0.1) is 0 Å². The van der Waals surface area contributed by atoms with E-state index in [4.69, 9.17) is 32.7 Å². The lowest BCUT2D eigenvalue weighted by molar-refractivity contribution is -0.137. The maximum atomic E-state index is 12.4. The highest BCUT2D eigenvalue weighted by Gasteiger charge is 2.29. The van der Waals surface area contributed by atoms with E-state index in [2.05, 4.69) is 20.8 Å². The summed E-state index contributed by atoms with van der Waals surface area (Å²) in [7, 11) is 0. The number of benzene rings is 2. The summed E-state index contributed by atoms with van der Waals surface area (Å²) in [6, 6.07) is 10.5. The molecule has 0 bridgehead atoms. The first-order valence-corrected chi connectivity index (χ1v) is 11.8. The minimum absolute atomic E-state index is 0.206. The average molecular weight is 493 g/mol. The highest BCUT2D eigenvalue weighted by Crippen LogP contribution is 2.29. The number of hydrogen-bond acceptors (Lipinski definition) is 2. The van der Waals surface area contributed by atoms with Crippen molar-refractivity contribution in [3.8, 4) is 5.75 Å². The van der Waals surface area contributed by atoms with Crippen LogP contribution in [-0.2, 0) is 17.5 Å². The molecule has 0 aliphatic carbocycles. The Labute approximate surface area is 200 Å². The summed E-state index contributed by atoms with van der Waals surface area (Å²) in [6.45, 7) is 7.43. The second kappa shape index (κ2) is 15.4. The van der Waals surface area contributed by atoms with Crippen molar-refractivity contribution in [3.05, 3.63) is 63.6 Å². The van der Waals surface area contributed by atoms with E-state index in [1.165, 1.54) is 12.1 Å². The third kappa shape index (κ3) is 11.4. The molecular formula is C25H33Cl2F3O2. The summed E-state index contributed by atoms with van der Waals surface area (Å²) in [5.41, 5.74) is 0.167. The molecule has 0 saturated heterocycles. The summed E-state index contributed by atoms with van der Waals surface area (Å²) in [4.78, 5) is 0. The fraction of sp³-hybridized carbons (Fsp3) is 0.520. The molecule has 0 N–H and O–H groups in total. The van der Waals surface area contributed by atoms with Gasteiger partial charge in [0.1, 0.15) is 5.75 Å². The number of unbranched alkanes of at least 4 members (excludes halogenated alkanes) is 1. The van der Waals surface area contributed by atoms with Gasteiger partial charge in [-0.15, -0.1) is 0 Å². The van der Waals surface area contributed by atoms with E-state index in [1.54, 1.807) is 12.1 Å². The molecule has 0 radical (unpaired) electrons. The van der Waals surface area contributed by atoms with E-state index >= 15 is 0 Å². The average Bonchev–Trinajstić information content (AvgIpc) is 2.75. The van der Waals surface area contributed by atoms with Crippen molar-refractivity contribution in [2.24, 2.45) is 0 Å². The summed E-state index contributed by atoms with van der Waals surface area (Å²) in [5, 5.41) is 1.10. The molecule has 2 aromatic carbocycles. The predicted molar refractivity (Wildman–Crippen MR) is 127 cm³/mol. The van der Waals surface area contributed by atoms with Crippen LogP contribution >= 0.6 is 23.2 Å². The van der Waals surface area contributed by atoms with Gasteiger partial charge in [0.25, 0.3) is 0 Å². The first kappa shape index (κ1) is 28.6. The molecule has 0 spiro atoms. The second-order valence-corrected chi connectivity index (χ2v) is 8.30. The van der Waals surface area contributed by atoms with Gasteiger partial charge in [-0.05, 0) is 49.1 Å². The van der Waals surface area contributed by atoms with Crippen LogP contribution in [-0.4, -0.2) is 12.7 Å². The number of hydrogen-bond donors (Lipinski definition) is 0. The van der Waals surface area contributed by atoms with E-state index in [0.29, 0.717) is 16.7 Å². The lowest BCUT2D eigenvalue weighted by atomic mass is 10.1. The van der Waals surface area contributed by atoms with E-state index in [1.807, 2.05) is 6.07 Å². The van der Waals surface area contributed by atoms with Gasteiger partial charge < -0.3 is 9.47 Å². The van der Waals surface area contributed by atoms with Gasteiger partial charge in [-0.3, -0.25) is 0 Å². The van der Waals surface area contributed by atoms with Gasteiger partial charge in [0.2, 0.25) is 0 Å². The maximum Gasteiger partial charge on any atom is 0.416 e. The molecule has 7 heteroatoms. The highest BCUT2D eigenvalue weighted by atomic mass is 35.5. The normalized spacial score (nSPS) is 11.3. The monoisotopic (exact) mass is 492 g/mol. The molecule has 0 heterocycles. The molecule has 0 amide bonds. The zero-order chi connectivity index (χ0) is 24.0. The Hall–Kier alpha value is -1.43. The Morgan fingerprint density at radius 2 is 1.47 bits per heavy atom. The van der Waals surface area contributed by atoms with Crippen LogP contribution < -0.4 is 4.74 Å². The fourth-order valence-corrected chi connectivity index (χ4v) is 3.15. The van der Waals surface area contributed by atoms with Crippen molar-refractivity contribution in [1.29, 1.82) is 0 Å². The van der Waals surface area contributed by atoms with Gasteiger partial charge in [0.15, 0.2) is 0 Å². The first-order chi connectivity index (χ1) is 15.2. The number of ether oxygens (including phenoxy) is 2. The van der Waals surface area contributed by atoms with Crippen LogP contribution in [0.5, 0.6) is 5.75 Å². The zero-order valence-corrected chi connectivity index (χ0v) is 20.5. The lowest BCUT2D eigenvalue weighted by Gasteiger charge is -2.16. The summed E-state index contributed by atoms with van der Waals surface area (Å²) in [6.07, 6.45) is 2.21. The number of halogens is 5. The molecule has 2 nitrogen and oxygen atoms in total. The van der Waals surface area contributed by atoms with Gasteiger partial charge in [-0.25, -0.2) is 0 Å². The van der Waals surface area contributed by atoms with Gasteiger partial charge >= 0.3 is 6.18 Å². The van der Waals surface area contributed by atoms with Crippen LogP contribution in [0.25, 0.3) is 0 Å². The van der Waals surface area contributed by atoms with Crippen LogP contribution in [0.2, 0.25) is 10.0 Å². The summed E-state index contributed by atoms with van der Waals surface area (Å²) < 4.78 is 48.4. The highest BCUT2D eigenvalue weighted by molar-refractivity contribution is 6.42. The van der Waals surface area contributed by atoms with Gasteiger partial charge in [0.05, 0.1) is 34.9 Å². The third-order valence-corrected chi connectivity index (χ3v) is 5.38. The summed E-state index contributed by atoms with van der Waals surface area (Å²) >= 11 is 11.6. The Balaban J connectivity index is 0.000000343. The molecule has 0 atom stereocenters. The van der Waals surface area contributed by atoms with Crippen LogP contribution in [0.1, 0.15) is 70.4 Å². The standard InChI is InChI=1S/C15H21F3O.C10H12Cl2O/c1-3-5-14(6-4-2)19-11-12-7-9-13(10-8-12)15(16,17)18;1-2-3-6-13-8-4-5-9(11)10(12)7-8/h7-10,14H,3-6,11H2,1-2H3;4-5,7H,2-3,6H2,1H3. The molecule has 0 aliphatic rings. The van der Waals surface area contributed by atoms with Crippen LogP contribution in [0.3, 0.4) is 0 Å². The molecule has 180 valence electrons. The van der Waals surface area contributed by atoms with E-state index in [0.717, 1.165) is 68.6 Å². The third-order valence-electron chi connectivity index (χ3n) is 4.65. The quantitative estimate of drug-likeness (QED) is 0.290. The Morgan fingerprint density at radius 3 is 1.97 bits per heavy atom. The molecule has 2 aromatic rings. The molecule has 0 aromatic heterocycles. The largest absolute Gasteiger partial charge is 0.494 e. The Bertz CT molecular complexity index is 759. The molecule has 32 heavy (non-hydrogen) atoms. The zero-order valence-electron chi connectivity index (χ0n) is 19.0. The van der Waals surface area contributed by atoms with Crippen molar-refractivity contribution >= 4 is 23.2 Å². The van der Waals surface area contributed by atoms with Crippen molar-refractivity contribution < 1.29 is 22.6 Å². The predicted octanol–water partition coefficient (Wildman–Crippen LogP) is 9.36. The van der Waals surface area contributed by atoms with E-state index < -0.39 is 11.7 Å². The van der Waals surface area contributed by atoms with Gasteiger partial charge in [-0.1, -0.05) is 75.4 Å². The molecule has 0 saturated carbocycles. The number of alkyl halides is 3. The molecule has 0 unspecified atom stereocenters. The van der Waals surface area contributed by atoms with Crippen molar-refractivity contribution in [2.45, 2.75) is 78.2 Å². The molecule has 0 fully saturated rings. The van der Waals surface area contributed by atoms with Gasteiger partial charge in [-0.2, -0.15) is 13.2 Å². The summed E-state index contributed by atoms with van der Waals surface area (Å²) in [5.74, 6) is 0.780. The molecule has 0 aliphatic heterocycles. The Kier molecular flexibility index (Phi) is 13.8. The smallest absolute Gasteiger partial charge is 0.416 e. The van der Waals surface area contributed by atoms with Crippen molar-refractivity contribution in [2.75, 3.05) is 6.61 Å². The van der Waals surface area contributed by atoms with E-state index in [-0.39, 0.29) is 6.10 Å².